The summed E-state index contributed by atoms with van der Waals surface area (Å²) in [5.41, 5.74) is 7.13. The fourth-order valence-electron chi connectivity index (χ4n) is 3.04. The van der Waals surface area contributed by atoms with E-state index in [4.69, 9.17) is 0 Å². The summed E-state index contributed by atoms with van der Waals surface area (Å²) in [4.78, 5) is 2.40. The summed E-state index contributed by atoms with van der Waals surface area (Å²) in [6, 6.07) is 8.73. The van der Waals surface area contributed by atoms with Crippen LogP contribution in [0.5, 0.6) is 0 Å². The number of hydrogen-bond acceptors (Lipinski definition) is 2. The maximum absolute atomic E-state index is 3.35. The Hall–Kier alpha value is -1.70. The van der Waals surface area contributed by atoms with Gasteiger partial charge in [0.1, 0.15) is 0 Å². The predicted molar refractivity (Wildman–Crippen MR) is 87.9 cm³/mol. The van der Waals surface area contributed by atoms with Gasteiger partial charge >= 0.3 is 0 Å². The maximum Gasteiger partial charge on any atom is 0.0439 e. The fourth-order valence-corrected chi connectivity index (χ4v) is 3.04. The van der Waals surface area contributed by atoms with Crippen molar-refractivity contribution in [3.05, 3.63) is 52.9 Å². The van der Waals surface area contributed by atoms with E-state index in [1.165, 1.54) is 40.9 Å². The molecule has 1 aliphatic carbocycles. The average Bonchev–Trinajstić information content (AvgIpc) is 3.06. The van der Waals surface area contributed by atoms with Crippen LogP contribution < -0.4 is 10.2 Å². The van der Waals surface area contributed by atoms with E-state index in [1.807, 2.05) is 20.9 Å². The van der Waals surface area contributed by atoms with Crippen LogP contribution in [0.25, 0.3) is 0 Å². The summed E-state index contributed by atoms with van der Waals surface area (Å²) in [5.74, 6) is 0. The average molecular weight is 270 g/mol. The lowest BCUT2D eigenvalue weighted by Crippen LogP contribution is -2.15. The summed E-state index contributed by atoms with van der Waals surface area (Å²) in [6.07, 6.45) is 5.86. The number of nitrogens with one attached hydrogen (secondary N) is 1. The van der Waals surface area contributed by atoms with Crippen LogP contribution in [-0.2, 0) is 6.42 Å². The Bertz CT molecular complexity index is 526. The second-order valence-corrected chi connectivity index (χ2v) is 5.13. The first-order valence-electron chi connectivity index (χ1n) is 7.72. The Morgan fingerprint density at radius 2 is 1.85 bits per heavy atom. The van der Waals surface area contributed by atoms with Gasteiger partial charge in [-0.25, -0.2) is 0 Å². The Morgan fingerprint density at radius 3 is 2.60 bits per heavy atom. The second-order valence-electron chi connectivity index (χ2n) is 5.13. The van der Waals surface area contributed by atoms with Crippen molar-refractivity contribution in [2.24, 2.45) is 0 Å². The van der Waals surface area contributed by atoms with Gasteiger partial charge in [0.25, 0.3) is 0 Å². The molecule has 1 aromatic rings. The van der Waals surface area contributed by atoms with Crippen molar-refractivity contribution in [2.45, 2.75) is 40.0 Å². The van der Waals surface area contributed by atoms with Crippen molar-refractivity contribution in [1.29, 1.82) is 0 Å². The Labute approximate surface area is 123 Å². The van der Waals surface area contributed by atoms with E-state index in [1.54, 1.807) is 0 Å². The topological polar surface area (TPSA) is 15.3 Å². The number of hydrogen-bond donors (Lipinski definition) is 1. The Balaban J connectivity index is 0.000000704. The summed E-state index contributed by atoms with van der Waals surface area (Å²) < 4.78 is 0. The molecule has 0 spiro atoms. The van der Waals surface area contributed by atoms with Crippen molar-refractivity contribution in [1.82, 2.24) is 5.32 Å². The lowest BCUT2D eigenvalue weighted by atomic mass is 10.2. The van der Waals surface area contributed by atoms with E-state index in [9.17, 15) is 0 Å². The zero-order chi connectivity index (χ0) is 14.5. The van der Waals surface area contributed by atoms with Crippen LogP contribution in [0, 0.1) is 0 Å². The van der Waals surface area contributed by atoms with Gasteiger partial charge in [-0.1, -0.05) is 32.0 Å². The SMILES string of the molecule is CC.CNC1=C(C)CC/C1=C\N1CCc2ccccc21. The van der Waals surface area contributed by atoms with Crippen molar-refractivity contribution < 1.29 is 0 Å². The minimum absolute atomic E-state index is 1.11. The predicted octanol–water partition coefficient (Wildman–Crippen LogP) is 4.25. The van der Waals surface area contributed by atoms with Gasteiger partial charge in [-0.2, -0.15) is 0 Å². The van der Waals surface area contributed by atoms with Crippen LogP contribution in [0.2, 0.25) is 0 Å². The van der Waals surface area contributed by atoms with E-state index in [-0.39, 0.29) is 0 Å². The highest BCUT2D eigenvalue weighted by Crippen LogP contribution is 2.33. The quantitative estimate of drug-likeness (QED) is 0.864. The van der Waals surface area contributed by atoms with Gasteiger partial charge in [0.05, 0.1) is 0 Å². The minimum atomic E-state index is 1.11. The standard InChI is InChI=1S/C16H20N2.C2H6/c1-12-7-8-14(16(12)17-2)11-18-10-9-13-5-3-4-6-15(13)18;1-2/h3-6,11,17H,7-10H2,1-2H3;1-2H3/b14-11+;. The summed E-state index contributed by atoms with van der Waals surface area (Å²) in [5, 5.41) is 3.35. The van der Waals surface area contributed by atoms with Crippen molar-refractivity contribution in [2.75, 3.05) is 18.5 Å². The summed E-state index contributed by atoms with van der Waals surface area (Å²) in [7, 11) is 2.02. The molecule has 2 aliphatic rings. The first-order chi connectivity index (χ1) is 9.79. The van der Waals surface area contributed by atoms with E-state index in [2.05, 4.69) is 47.6 Å². The molecule has 0 saturated carbocycles. The molecule has 2 heteroatoms. The smallest absolute Gasteiger partial charge is 0.0439 e. The molecule has 0 fully saturated rings. The minimum Gasteiger partial charge on any atom is -0.388 e. The molecule has 1 N–H and O–H groups in total. The molecule has 0 saturated heterocycles. The first-order valence-corrected chi connectivity index (χ1v) is 7.72. The molecule has 108 valence electrons. The normalized spacial score (nSPS) is 19.0. The van der Waals surface area contributed by atoms with Crippen molar-refractivity contribution in [3.63, 3.8) is 0 Å². The van der Waals surface area contributed by atoms with Gasteiger partial charge in [-0.05, 0) is 49.0 Å². The van der Waals surface area contributed by atoms with Crippen molar-refractivity contribution in [3.8, 4) is 0 Å². The third-order valence-corrected chi connectivity index (χ3v) is 4.00. The number of para-hydroxylation sites is 1. The van der Waals surface area contributed by atoms with Crippen LogP contribution in [0.3, 0.4) is 0 Å². The molecule has 1 aliphatic heterocycles. The highest BCUT2D eigenvalue weighted by atomic mass is 15.1. The molecule has 0 unspecified atom stereocenters. The van der Waals surface area contributed by atoms with Crippen molar-refractivity contribution >= 4 is 5.69 Å². The molecule has 0 atom stereocenters. The molecule has 0 amide bonds. The van der Waals surface area contributed by atoms with E-state index < -0.39 is 0 Å². The van der Waals surface area contributed by atoms with Gasteiger partial charge < -0.3 is 10.2 Å². The van der Waals surface area contributed by atoms with Gasteiger partial charge in [0, 0.05) is 31.2 Å². The molecular formula is C18H26N2. The summed E-state index contributed by atoms with van der Waals surface area (Å²) in [6.45, 7) is 7.34. The van der Waals surface area contributed by atoms with Gasteiger partial charge in [0.2, 0.25) is 0 Å². The largest absolute Gasteiger partial charge is 0.388 e. The number of anilines is 1. The molecule has 20 heavy (non-hydrogen) atoms. The molecule has 0 radical (unpaired) electrons. The van der Waals surface area contributed by atoms with Crippen LogP contribution in [-0.4, -0.2) is 13.6 Å². The molecule has 0 bridgehead atoms. The van der Waals surface area contributed by atoms with Crippen LogP contribution in [0.4, 0.5) is 5.69 Å². The highest BCUT2D eigenvalue weighted by Gasteiger charge is 2.20. The number of fused-ring (bicyclic) bond motifs is 1. The zero-order valence-corrected chi connectivity index (χ0v) is 13.2. The van der Waals surface area contributed by atoms with Crippen LogP contribution in [0.15, 0.2) is 47.3 Å². The Kier molecular flexibility index (Phi) is 4.89. The molecule has 3 rings (SSSR count). The number of likely N-dealkylation sites (N-methyl/N-ethyl adjacent to an activating group) is 1. The zero-order valence-electron chi connectivity index (χ0n) is 13.2. The lowest BCUT2D eigenvalue weighted by Gasteiger charge is -2.16. The molecule has 2 nitrogen and oxygen atoms in total. The number of rotatable bonds is 2. The van der Waals surface area contributed by atoms with Crippen LogP contribution in [0.1, 0.15) is 39.2 Å². The van der Waals surface area contributed by atoms with E-state index >= 15 is 0 Å². The monoisotopic (exact) mass is 270 g/mol. The highest BCUT2D eigenvalue weighted by molar-refractivity contribution is 5.61. The van der Waals surface area contributed by atoms with Gasteiger partial charge in [-0.3, -0.25) is 0 Å². The third kappa shape index (κ3) is 2.74. The van der Waals surface area contributed by atoms with Gasteiger partial charge in [0.15, 0.2) is 0 Å². The third-order valence-electron chi connectivity index (χ3n) is 4.00. The molecule has 1 heterocycles. The number of benzene rings is 1. The maximum atomic E-state index is 3.35. The number of allylic oxidation sites excluding steroid dienone is 2. The number of nitrogens with zero attached hydrogens (tertiary/aromatic N) is 1. The second kappa shape index (κ2) is 6.65. The molecule has 0 aromatic heterocycles. The van der Waals surface area contributed by atoms with E-state index in [0.717, 1.165) is 13.0 Å². The van der Waals surface area contributed by atoms with Gasteiger partial charge in [-0.15, -0.1) is 0 Å². The fraction of sp³-hybridized carbons (Fsp3) is 0.444. The first kappa shape index (κ1) is 14.7. The van der Waals surface area contributed by atoms with Crippen LogP contribution >= 0.6 is 0 Å². The molecular weight excluding hydrogens is 244 g/mol. The van der Waals surface area contributed by atoms with E-state index in [0.29, 0.717) is 0 Å². The molecule has 1 aromatic carbocycles. The summed E-state index contributed by atoms with van der Waals surface area (Å²) >= 11 is 0. The Morgan fingerprint density at radius 1 is 1.10 bits per heavy atom. The lowest BCUT2D eigenvalue weighted by molar-refractivity contribution is 0.943.